The predicted octanol–water partition coefficient (Wildman–Crippen LogP) is 4.04. The van der Waals surface area contributed by atoms with E-state index in [9.17, 15) is 14.0 Å². The minimum Gasteiger partial charge on any atom is -0.495 e. The van der Waals surface area contributed by atoms with Crippen LogP contribution in [0, 0.1) is 5.82 Å². The number of methoxy groups -OCH3 is 1. The largest absolute Gasteiger partial charge is 0.495 e. The molecule has 1 heterocycles. The molecule has 0 spiro atoms. The van der Waals surface area contributed by atoms with Gasteiger partial charge in [0.1, 0.15) is 11.6 Å². The zero-order valence-corrected chi connectivity index (χ0v) is 17.0. The minimum absolute atomic E-state index is 0.224. The molecule has 0 bridgehead atoms. The second-order valence-corrected chi connectivity index (χ2v) is 7.52. The number of pyridine rings is 1. The molecule has 1 aromatic heterocycles. The normalized spacial score (nSPS) is 13.0. The van der Waals surface area contributed by atoms with Crippen LogP contribution in [0.25, 0.3) is 11.3 Å². The first kappa shape index (κ1) is 20.5. The zero-order chi connectivity index (χ0) is 22.0. The molecule has 1 aliphatic rings. The summed E-state index contributed by atoms with van der Waals surface area (Å²) < 4.78 is 19.0. The Morgan fingerprint density at radius 2 is 1.94 bits per heavy atom. The van der Waals surface area contributed by atoms with Crippen LogP contribution in [0.2, 0.25) is 0 Å². The van der Waals surface area contributed by atoms with Gasteiger partial charge < -0.3 is 15.4 Å². The van der Waals surface area contributed by atoms with Crippen molar-refractivity contribution in [2.75, 3.05) is 12.0 Å². The molecule has 2 N–H and O–H groups in total. The number of anilines is 1. The van der Waals surface area contributed by atoms with E-state index in [1.807, 2.05) is 30.3 Å². The summed E-state index contributed by atoms with van der Waals surface area (Å²) in [6.07, 6.45) is 2.84. The smallest absolute Gasteiger partial charge is 0.250 e. The number of ether oxygens (including phenoxy) is 1. The van der Waals surface area contributed by atoms with E-state index in [2.05, 4.69) is 4.98 Å². The van der Waals surface area contributed by atoms with E-state index in [-0.39, 0.29) is 6.54 Å². The molecule has 158 valence electrons. The topological polar surface area (TPSA) is 85.5 Å². The second-order valence-electron chi connectivity index (χ2n) is 7.52. The van der Waals surface area contributed by atoms with Crippen LogP contribution >= 0.6 is 0 Å². The number of halogens is 1. The molecule has 0 saturated heterocycles. The summed E-state index contributed by atoms with van der Waals surface area (Å²) in [6.45, 7) is 0.224. The summed E-state index contributed by atoms with van der Waals surface area (Å²) in [4.78, 5) is 29.6. The van der Waals surface area contributed by atoms with Crippen LogP contribution in [-0.2, 0) is 11.3 Å². The number of aromatic nitrogens is 1. The summed E-state index contributed by atoms with van der Waals surface area (Å²) in [7, 11) is 1.47. The van der Waals surface area contributed by atoms with Gasteiger partial charge in [-0.15, -0.1) is 0 Å². The molecule has 2 aromatic carbocycles. The highest BCUT2D eigenvalue weighted by Crippen LogP contribution is 2.40. The number of hydrogen-bond acceptors (Lipinski definition) is 4. The van der Waals surface area contributed by atoms with E-state index in [0.717, 1.165) is 29.7 Å². The maximum Gasteiger partial charge on any atom is 0.250 e. The second kappa shape index (κ2) is 8.55. The average Bonchev–Trinajstić information content (AvgIpc) is 3.63. The molecule has 7 heteroatoms. The lowest BCUT2D eigenvalue weighted by atomic mass is 10.0. The number of carbonyl (C=O) groups is 2. The quantitative estimate of drug-likeness (QED) is 0.559. The average molecular weight is 419 g/mol. The summed E-state index contributed by atoms with van der Waals surface area (Å²) in [5, 5.41) is 0. The van der Waals surface area contributed by atoms with E-state index in [0.29, 0.717) is 35.0 Å². The fourth-order valence-corrected chi connectivity index (χ4v) is 3.53. The van der Waals surface area contributed by atoms with E-state index >= 15 is 0 Å². The molecule has 0 aliphatic heterocycles. The number of nitrogens with zero attached hydrogens (tertiary/aromatic N) is 2. The van der Waals surface area contributed by atoms with Gasteiger partial charge in [-0.3, -0.25) is 14.6 Å². The lowest BCUT2D eigenvalue weighted by Crippen LogP contribution is -2.21. The molecular formula is C24H22FN3O3. The summed E-state index contributed by atoms with van der Waals surface area (Å²) in [5.74, 6) is -0.141. The third-order valence-electron chi connectivity index (χ3n) is 5.34. The Bertz CT molecular complexity index is 1130. The number of amides is 2. The van der Waals surface area contributed by atoms with Crippen LogP contribution in [0.1, 0.15) is 40.4 Å². The highest BCUT2D eigenvalue weighted by molar-refractivity contribution is 5.98. The maximum absolute atomic E-state index is 13.7. The molecular weight excluding hydrogens is 397 g/mol. The van der Waals surface area contributed by atoms with E-state index < -0.39 is 11.7 Å². The molecule has 1 saturated carbocycles. The Morgan fingerprint density at radius 3 is 2.55 bits per heavy atom. The fraction of sp³-hybridized carbons (Fsp3) is 0.208. The van der Waals surface area contributed by atoms with Crippen LogP contribution in [0.5, 0.6) is 5.75 Å². The van der Waals surface area contributed by atoms with Crippen molar-refractivity contribution in [1.82, 2.24) is 4.98 Å². The van der Waals surface area contributed by atoms with Gasteiger partial charge in [0.2, 0.25) is 6.41 Å². The lowest BCUT2D eigenvalue weighted by Gasteiger charge is -2.20. The van der Waals surface area contributed by atoms with Gasteiger partial charge in [0.25, 0.3) is 5.91 Å². The molecule has 3 aromatic rings. The van der Waals surface area contributed by atoms with Crippen molar-refractivity contribution >= 4 is 18.0 Å². The van der Waals surface area contributed by atoms with Crippen molar-refractivity contribution in [2.45, 2.75) is 25.3 Å². The Balaban J connectivity index is 1.62. The van der Waals surface area contributed by atoms with Crippen LogP contribution in [-0.4, -0.2) is 24.4 Å². The first-order chi connectivity index (χ1) is 15.0. The Labute approximate surface area is 179 Å². The number of rotatable bonds is 8. The van der Waals surface area contributed by atoms with Crippen LogP contribution in [0.15, 0.2) is 54.6 Å². The Kier molecular flexibility index (Phi) is 5.66. The first-order valence-corrected chi connectivity index (χ1v) is 9.95. The SMILES string of the molecule is COc1ccc(F)cc1N(C=O)Cc1ccc(-c2nc(C3CC3)ccc2C(N)=O)cc1. The summed E-state index contributed by atoms with van der Waals surface area (Å²) >= 11 is 0. The molecule has 4 rings (SSSR count). The Hall–Kier alpha value is -3.74. The van der Waals surface area contributed by atoms with Gasteiger partial charge in [-0.05, 0) is 42.7 Å². The standard InChI is InChI=1S/C24H22FN3O3/c1-31-22-11-8-18(25)12-21(22)28(14-29)13-15-2-4-17(5-3-15)23-19(24(26)30)9-10-20(27-23)16-6-7-16/h2-5,8-12,14,16H,6-7,13H2,1H3,(H2,26,30). The molecule has 1 fully saturated rings. The molecule has 31 heavy (non-hydrogen) atoms. The van der Waals surface area contributed by atoms with Crippen molar-refractivity contribution in [2.24, 2.45) is 5.73 Å². The van der Waals surface area contributed by atoms with E-state index in [4.69, 9.17) is 10.5 Å². The van der Waals surface area contributed by atoms with Crippen LogP contribution < -0.4 is 15.4 Å². The highest BCUT2D eigenvalue weighted by atomic mass is 19.1. The molecule has 0 atom stereocenters. The third kappa shape index (κ3) is 4.40. The maximum atomic E-state index is 13.7. The lowest BCUT2D eigenvalue weighted by molar-refractivity contribution is -0.107. The van der Waals surface area contributed by atoms with Gasteiger partial charge in [-0.25, -0.2) is 4.39 Å². The van der Waals surface area contributed by atoms with Gasteiger partial charge in [0.15, 0.2) is 0 Å². The van der Waals surface area contributed by atoms with Crippen molar-refractivity contribution in [1.29, 1.82) is 0 Å². The molecule has 0 unspecified atom stereocenters. The minimum atomic E-state index is -0.528. The number of hydrogen-bond donors (Lipinski definition) is 1. The number of benzene rings is 2. The summed E-state index contributed by atoms with van der Waals surface area (Å²) in [6, 6.07) is 15.0. The molecule has 1 aliphatic carbocycles. The van der Waals surface area contributed by atoms with Gasteiger partial charge in [0.05, 0.1) is 30.6 Å². The number of primary amides is 1. The predicted molar refractivity (Wildman–Crippen MR) is 115 cm³/mol. The fourth-order valence-electron chi connectivity index (χ4n) is 3.53. The van der Waals surface area contributed by atoms with E-state index in [1.165, 1.54) is 30.2 Å². The van der Waals surface area contributed by atoms with Crippen molar-refractivity contribution < 1.29 is 18.7 Å². The van der Waals surface area contributed by atoms with Gasteiger partial charge in [-0.1, -0.05) is 24.3 Å². The first-order valence-electron chi connectivity index (χ1n) is 9.95. The van der Waals surface area contributed by atoms with Crippen LogP contribution in [0.3, 0.4) is 0 Å². The highest BCUT2D eigenvalue weighted by Gasteiger charge is 2.26. The Morgan fingerprint density at radius 1 is 1.19 bits per heavy atom. The molecule has 6 nitrogen and oxygen atoms in total. The molecule has 2 amide bonds. The summed E-state index contributed by atoms with van der Waals surface area (Å²) in [5.41, 5.74) is 9.37. The van der Waals surface area contributed by atoms with Crippen molar-refractivity contribution in [3.05, 3.63) is 77.2 Å². The van der Waals surface area contributed by atoms with Crippen LogP contribution in [0.4, 0.5) is 10.1 Å². The number of nitrogens with two attached hydrogens (primary N) is 1. The third-order valence-corrected chi connectivity index (χ3v) is 5.34. The van der Waals surface area contributed by atoms with Crippen molar-refractivity contribution in [3.63, 3.8) is 0 Å². The number of carbonyl (C=O) groups excluding carboxylic acids is 2. The monoisotopic (exact) mass is 419 g/mol. The van der Waals surface area contributed by atoms with Crippen molar-refractivity contribution in [3.8, 4) is 17.0 Å². The van der Waals surface area contributed by atoms with E-state index in [1.54, 1.807) is 6.07 Å². The molecule has 0 radical (unpaired) electrons. The van der Waals surface area contributed by atoms with Gasteiger partial charge in [-0.2, -0.15) is 0 Å². The van der Waals surface area contributed by atoms with Gasteiger partial charge >= 0.3 is 0 Å². The zero-order valence-electron chi connectivity index (χ0n) is 17.0. The van der Waals surface area contributed by atoms with Gasteiger partial charge in [0, 0.05) is 23.2 Å².